The van der Waals surface area contributed by atoms with E-state index in [1.807, 2.05) is 0 Å². The van der Waals surface area contributed by atoms with E-state index in [0.29, 0.717) is 0 Å². The van der Waals surface area contributed by atoms with Crippen molar-refractivity contribution in [2.24, 2.45) is 5.41 Å². The molecule has 0 fully saturated rings. The van der Waals surface area contributed by atoms with E-state index >= 15 is 0 Å². The van der Waals surface area contributed by atoms with Crippen molar-refractivity contribution in [3.05, 3.63) is 6.92 Å². The monoisotopic (exact) mass is 261 g/mol. The van der Waals surface area contributed by atoms with Crippen molar-refractivity contribution < 1.29 is 39.5 Å². The van der Waals surface area contributed by atoms with E-state index in [-0.39, 0.29) is 0 Å². The van der Waals surface area contributed by atoms with Gasteiger partial charge in [-0.3, -0.25) is 0 Å². The van der Waals surface area contributed by atoms with Gasteiger partial charge < -0.3 is 0 Å². The van der Waals surface area contributed by atoms with Crippen LogP contribution in [0.4, 0.5) is 39.5 Å². The van der Waals surface area contributed by atoms with Crippen LogP contribution in [0.25, 0.3) is 0 Å². The zero-order valence-corrected chi connectivity index (χ0v) is 7.52. The van der Waals surface area contributed by atoms with E-state index < -0.39 is 36.8 Å². The van der Waals surface area contributed by atoms with E-state index in [1.54, 1.807) is 0 Å². The van der Waals surface area contributed by atoms with Gasteiger partial charge in [0.2, 0.25) is 0 Å². The Balaban J connectivity index is 5.82. The van der Waals surface area contributed by atoms with E-state index in [1.165, 1.54) is 0 Å². The molecule has 0 aromatic carbocycles. The van der Waals surface area contributed by atoms with Gasteiger partial charge in [0, 0.05) is 0 Å². The van der Waals surface area contributed by atoms with Crippen molar-refractivity contribution in [2.45, 2.75) is 31.4 Å². The molecule has 0 atom stereocenters. The first-order valence-electron chi connectivity index (χ1n) is 3.80. The smallest absolute Gasteiger partial charge is 0.170 e. The van der Waals surface area contributed by atoms with Crippen molar-refractivity contribution in [2.75, 3.05) is 0 Å². The molecule has 0 nitrogen and oxygen atoms in total. The summed E-state index contributed by atoms with van der Waals surface area (Å²) in [6.45, 7) is 2.61. The Bertz CT molecular complexity index is 194. The highest BCUT2D eigenvalue weighted by atomic mass is 19.4. The molecular formula is C7H6F9. The first-order chi connectivity index (χ1) is 6.81. The molecule has 0 aliphatic heterocycles. The SMILES string of the molecule is [CH2]CCC(C(F)(F)F)(C(F)(F)F)C(F)(F)F. The third-order valence-corrected chi connectivity index (χ3v) is 2.00. The Labute approximate surface area is 84.4 Å². The fraction of sp³-hybridized carbons (Fsp3) is 0.857. The summed E-state index contributed by atoms with van der Waals surface area (Å²) in [7, 11) is 0. The fourth-order valence-electron chi connectivity index (χ4n) is 1.17. The van der Waals surface area contributed by atoms with Crippen molar-refractivity contribution in [3.8, 4) is 0 Å². The molecule has 0 unspecified atom stereocenters. The van der Waals surface area contributed by atoms with Crippen LogP contribution in [0.3, 0.4) is 0 Å². The maximum absolute atomic E-state index is 12.1. The molecule has 97 valence electrons. The summed E-state index contributed by atoms with van der Waals surface area (Å²) >= 11 is 0. The van der Waals surface area contributed by atoms with Crippen molar-refractivity contribution >= 4 is 0 Å². The third-order valence-electron chi connectivity index (χ3n) is 2.00. The lowest BCUT2D eigenvalue weighted by molar-refractivity contribution is -0.428. The first-order valence-corrected chi connectivity index (χ1v) is 3.80. The molecule has 0 rings (SSSR count). The Kier molecular flexibility index (Phi) is 3.83. The average Bonchev–Trinajstić information content (AvgIpc) is 1.91. The standard InChI is InChI=1S/C7H6F9/c1-2-3-4(5(8,9)10,6(11,12)13)7(14,15)16/h1-3H2. The van der Waals surface area contributed by atoms with Crippen molar-refractivity contribution in [3.63, 3.8) is 0 Å². The van der Waals surface area contributed by atoms with Crippen LogP contribution in [0.2, 0.25) is 0 Å². The summed E-state index contributed by atoms with van der Waals surface area (Å²) in [4.78, 5) is 0. The van der Waals surface area contributed by atoms with Crippen LogP contribution in [-0.4, -0.2) is 18.5 Å². The highest BCUT2D eigenvalue weighted by molar-refractivity contribution is 4.99. The quantitative estimate of drug-likeness (QED) is 0.651. The summed E-state index contributed by atoms with van der Waals surface area (Å²) in [5, 5.41) is 0. The van der Waals surface area contributed by atoms with E-state index in [9.17, 15) is 39.5 Å². The second-order valence-electron chi connectivity index (χ2n) is 3.00. The van der Waals surface area contributed by atoms with Gasteiger partial charge in [-0.05, 0) is 6.42 Å². The number of hydrogen-bond donors (Lipinski definition) is 0. The molecule has 9 heteroatoms. The van der Waals surface area contributed by atoms with Gasteiger partial charge in [-0.2, -0.15) is 39.5 Å². The summed E-state index contributed by atoms with van der Waals surface area (Å²) in [6.07, 6.45) is -22.7. The zero-order chi connectivity index (χ0) is 13.4. The molecule has 0 saturated heterocycles. The largest absolute Gasteiger partial charge is 0.412 e. The number of hydrogen-bond acceptors (Lipinski definition) is 0. The average molecular weight is 261 g/mol. The topological polar surface area (TPSA) is 0 Å². The molecular weight excluding hydrogens is 255 g/mol. The molecule has 0 aliphatic rings. The molecule has 0 bridgehead atoms. The maximum atomic E-state index is 12.1. The van der Waals surface area contributed by atoms with Gasteiger partial charge in [0.15, 0.2) is 0 Å². The first kappa shape index (κ1) is 15.4. The summed E-state index contributed by atoms with van der Waals surface area (Å²) in [5.74, 6) is 0. The lowest BCUT2D eigenvalue weighted by atomic mass is 9.81. The molecule has 0 aromatic heterocycles. The maximum Gasteiger partial charge on any atom is 0.412 e. The predicted molar refractivity (Wildman–Crippen MR) is 35.2 cm³/mol. The van der Waals surface area contributed by atoms with Gasteiger partial charge in [-0.15, -0.1) is 0 Å². The number of halogens is 9. The minimum absolute atomic E-state index is 1.14. The number of rotatable bonds is 2. The molecule has 0 heterocycles. The van der Waals surface area contributed by atoms with Crippen LogP contribution in [0.5, 0.6) is 0 Å². The van der Waals surface area contributed by atoms with Crippen LogP contribution in [0, 0.1) is 12.3 Å². The number of alkyl halides is 9. The molecule has 16 heavy (non-hydrogen) atoms. The van der Waals surface area contributed by atoms with Gasteiger partial charge >= 0.3 is 18.5 Å². The van der Waals surface area contributed by atoms with Crippen LogP contribution < -0.4 is 0 Å². The minimum atomic E-state index is -6.46. The Morgan fingerprint density at radius 3 is 0.938 bits per heavy atom. The molecule has 0 amide bonds. The zero-order valence-electron chi connectivity index (χ0n) is 7.52. The van der Waals surface area contributed by atoms with E-state index in [4.69, 9.17) is 0 Å². The minimum Gasteiger partial charge on any atom is -0.170 e. The van der Waals surface area contributed by atoms with Crippen LogP contribution in [0.1, 0.15) is 12.8 Å². The highest BCUT2D eigenvalue weighted by Crippen LogP contribution is 2.61. The van der Waals surface area contributed by atoms with Crippen LogP contribution in [-0.2, 0) is 0 Å². The molecule has 0 spiro atoms. The third kappa shape index (κ3) is 2.22. The molecule has 1 radical (unpaired) electrons. The van der Waals surface area contributed by atoms with Crippen LogP contribution >= 0.6 is 0 Å². The van der Waals surface area contributed by atoms with E-state index in [2.05, 4.69) is 6.92 Å². The molecule has 0 N–H and O–H groups in total. The lowest BCUT2D eigenvalue weighted by Gasteiger charge is -2.38. The second-order valence-corrected chi connectivity index (χ2v) is 3.00. The highest BCUT2D eigenvalue weighted by Gasteiger charge is 2.82. The molecule has 0 saturated carbocycles. The molecule has 0 aliphatic carbocycles. The Hall–Kier alpha value is -0.630. The normalized spacial score (nSPS) is 15.4. The Morgan fingerprint density at radius 1 is 0.625 bits per heavy atom. The van der Waals surface area contributed by atoms with Gasteiger partial charge in [0.25, 0.3) is 5.41 Å². The van der Waals surface area contributed by atoms with Gasteiger partial charge in [0.05, 0.1) is 0 Å². The van der Waals surface area contributed by atoms with E-state index in [0.717, 1.165) is 0 Å². The van der Waals surface area contributed by atoms with Gasteiger partial charge in [0.1, 0.15) is 0 Å². The second kappa shape index (κ2) is 3.99. The van der Waals surface area contributed by atoms with Crippen molar-refractivity contribution in [1.82, 2.24) is 0 Å². The summed E-state index contributed by atoms with van der Waals surface area (Å²) < 4.78 is 109. The van der Waals surface area contributed by atoms with Crippen molar-refractivity contribution in [1.29, 1.82) is 0 Å². The summed E-state index contributed by atoms with van der Waals surface area (Å²) in [6, 6.07) is 0. The Morgan fingerprint density at radius 2 is 0.875 bits per heavy atom. The summed E-state index contributed by atoms with van der Waals surface area (Å²) in [5.41, 5.74) is -5.70. The van der Waals surface area contributed by atoms with Gasteiger partial charge in [-0.25, -0.2) is 0 Å². The lowest BCUT2D eigenvalue weighted by Crippen LogP contribution is -2.59. The van der Waals surface area contributed by atoms with Gasteiger partial charge in [-0.1, -0.05) is 13.3 Å². The predicted octanol–water partition coefficient (Wildman–Crippen LogP) is 4.27. The fourth-order valence-corrected chi connectivity index (χ4v) is 1.17. The molecule has 0 aromatic rings. The van der Waals surface area contributed by atoms with Crippen LogP contribution in [0.15, 0.2) is 0 Å².